The average molecular weight is 332 g/mol. The SMILES string of the molecule is CCCC(=O)NCC1CCCN(C(=O)c2ccc(C(=O)O)cc2)C1. The summed E-state index contributed by atoms with van der Waals surface area (Å²) in [6.45, 7) is 3.88. The summed E-state index contributed by atoms with van der Waals surface area (Å²) in [5, 5.41) is 11.8. The Kier molecular flexibility index (Phi) is 6.35. The zero-order valence-electron chi connectivity index (χ0n) is 14.0. The van der Waals surface area contributed by atoms with E-state index < -0.39 is 5.97 Å². The van der Waals surface area contributed by atoms with Gasteiger partial charge in [0, 0.05) is 31.6 Å². The summed E-state index contributed by atoms with van der Waals surface area (Å²) in [7, 11) is 0. The lowest BCUT2D eigenvalue weighted by Gasteiger charge is -2.33. The molecule has 0 saturated carbocycles. The summed E-state index contributed by atoms with van der Waals surface area (Å²) >= 11 is 0. The normalized spacial score (nSPS) is 17.4. The number of carbonyl (C=O) groups is 3. The standard InChI is InChI=1S/C18H24N2O4/c1-2-4-16(21)19-11-13-5-3-10-20(12-13)17(22)14-6-8-15(9-7-14)18(23)24/h6-9,13H,2-5,10-12H2,1H3,(H,19,21)(H,23,24). The molecule has 0 spiro atoms. The van der Waals surface area contributed by atoms with Gasteiger partial charge in [0.25, 0.3) is 5.91 Å². The second-order valence-corrected chi connectivity index (χ2v) is 6.20. The third-order valence-corrected chi connectivity index (χ3v) is 4.25. The van der Waals surface area contributed by atoms with E-state index >= 15 is 0 Å². The van der Waals surface area contributed by atoms with Crippen LogP contribution >= 0.6 is 0 Å². The van der Waals surface area contributed by atoms with Crippen molar-refractivity contribution in [3.63, 3.8) is 0 Å². The number of aromatic carboxylic acids is 1. The number of rotatable bonds is 6. The predicted molar refractivity (Wildman–Crippen MR) is 89.9 cm³/mol. The summed E-state index contributed by atoms with van der Waals surface area (Å²) in [5.41, 5.74) is 0.664. The minimum atomic E-state index is -1.00. The predicted octanol–water partition coefficient (Wildman–Crippen LogP) is 2.15. The molecule has 2 N–H and O–H groups in total. The van der Waals surface area contributed by atoms with Crippen LogP contribution in [0.25, 0.3) is 0 Å². The third kappa shape index (κ3) is 4.81. The number of amides is 2. The van der Waals surface area contributed by atoms with Crippen LogP contribution in [-0.2, 0) is 4.79 Å². The number of likely N-dealkylation sites (tertiary alicyclic amines) is 1. The first-order valence-electron chi connectivity index (χ1n) is 8.40. The van der Waals surface area contributed by atoms with Crippen LogP contribution in [0.4, 0.5) is 0 Å². The van der Waals surface area contributed by atoms with Crippen LogP contribution in [0.15, 0.2) is 24.3 Å². The number of nitrogens with one attached hydrogen (secondary N) is 1. The first-order valence-corrected chi connectivity index (χ1v) is 8.40. The molecule has 2 rings (SSSR count). The Bertz CT molecular complexity index is 598. The van der Waals surface area contributed by atoms with E-state index in [9.17, 15) is 14.4 Å². The van der Waals surface area contributed by atoms with Crippen LogP contribution in [0.2, 0.25) is 0 Å². The number of hydrogen-bond acceptors (Lipinski definition) is 3. The second kappa shape index (κ2) is 8.47. The Morgan fingerprint density at radius 1 is 1.21 bits per heavy atom. The molecule has 0 bridgehead atoms. The minimum absolute atomic E-state index is 0.0604. The molecule has 1 fully saturated rings. The molecule has 1 aromatic rings. The van der Waals surface area contributed by atoms with E-state index in [1.807, 2.05) is 6.92 Å². The van der Waals surface area contributed by atoms with Crippen molar-refractivity contribution in [3.05, 3.63) is 35.4 Å². The molecule has 1 aromatic carbocycles. The van der Waals surface area contributed by atoms with Gasteiger partial charge in [-0.2, -0.15) is 0 Å². The van der Waals surface area contributed by atoms with Crippen molar-refractivity contribution in [3.8, 4) is 0 Å². The molecule has 1 aliphatic heterocycles. The lowest BCUT2D eigenvalue weighted by atomic mass is 9.97. The van der Waals surface area contributed by atoms with Gasteiger partial charge in [-0.3, -0.25) is 9.59 Å². The van der Waals surface area contributed by atoms with Gasteiger partial charge in [0.1, 0.15) is 0 Å². The number of nitrogens with zero attached hydrogens (tertiary/aromatic N) is 1. The van der Waals surface area contributed by atoms with E-state index in [0.717, 1.165) is 19.3 Å². The highest BCUT2D eigenvalue weighted by Crippen LogP contribution is 2.18. The molecule has 1 aliphatic rings. The van der Waals surface area contributed by atoms with Crippen molar-refractivity contribution in [1.82, 2.24) is 10.2 Å². The lowest BCUT2D eigenvalue weighted by molar-refractivity contribution is -0.121. The quantitative estimate of drug-likeness (QED) is 0.836. The van der Waals surface area contributed by atoms with E-state index in [1.54, 1.807) is 17.0 Å². The highest BCUT2D eigenvalue weighted by Gasteiger charge is 2.24. The molecule has 2 amide bonds. The van der Waals surface area contributed by atoms with Crippen molar-refractivity contribution in [2.24, 2.45) is 5.92 Å². The largest absolute Gasteiger partial charge is 0.478 e. The van der Waals surface area contributed by atoms with Crippen molar-refractivity contribution in [1.29, 1.82) is 0 Å². The van der Waals surface area contributed by atoms with Gasteiger partial charge in [0.15, 0.2) is 0 Å². The van der Waals surface area contributed by atoms with Gasteiger partial charge in [-0.25, -0.2) is 4.79 Å². The van der Waals surface area contributed by atoms with E-state index in [4.69, 9.17) is 5.11 Å². The highest BCUT2D eigenvalue weighted by atomic mass is 16.4. The second-order valence-electron chi connectivity index (χ2n) is 6.20. The molecule has 24 heavy (non-hydrogen) atoms. The highest BCUT2D eigenvalue weighted by molar-refractivity contribution is 5.96. The van der Waals surface area contributed by atoms with Crippen molar-refractivity contribution in [2.45, 2.75) is 32.6 Å². The van der Waals surface area contributed by atoms with E-state index in [0.29, 0.717) is 31.6 Å². The molecule has 1 unspecified atom stereocenters. The van der Waals surface area contributed by atoms with E-state index in [-0.39, 0.29) is 23.3 Å². The van der Waals surface area contributed by atoms with Crippen LogP contribution in [0.3, 0.4) is 0 Å². The number of benzene rings is 1. The van der Waals surface area contributed by atoms with Crippen molar-refractivity contribution in [2.75, 3.05) is 19.6 Å². The zero-order chi connectivity index (χ0) is 17.5. The summed E-state index contributed by atoms with van der Waals surface area (Å²) < 4.78 is 0. The molecular formula is C18H24N2O4. The van der Waals surface area contributed by atoms with E-state index in [1.165, 1.54) is 12.1 Å². The number of carbonyl (C=O) groups excluding carboxylic acids is 2. The van der Waals surface area contributed by atoms with Crippen LogP contribution in [0.5, 0.6) is 0 Å². The van der Waals surface area contributed by atoms with Crippen LogP contribution < -0.4 is 5.32 Å². The zero-order valence-corrected chi connectivity index (χ0v) is 14.0. The Labute approximate surface area is 141 Å². The molecular weight excluding hydrogens is 308 g/mol. The molecule has 130 valence electrons. The maximum atomic E-state index is 12.6. The first-order chi connectivity index (χ1) is 11.5. The molecule has 1 saturated heterocycles. The lowest BCUT2D eigenvalue weighted by Crippen LogP contribution is -2.43. The van der Waals surface area contributed by atoms with Gasteiger partial charge in [-0.1, -0.05) is 6.92 Å². The van der Waals surface area contributed by atoms with Gasteiger partial charge < -0.3 is 15.3 Å². The van der Waals surface area contributed by atoms with Crippen LogP contribution in [0, 0.1) is 5.92 Å². The Hall–Kier alpha value is -2.37. The maximum absolute atomic E-state index is 12.6. The third-order valence-electron chi connectivity index (χ3n) is 4.25. The maximum Gasteiger partial charge on any atom is 0.335 e. The summed E-state index contributed by atoms with van der Waals surface area (Å²) in [5.74, 6) is -0.765. The van der Waals surface area contributed by atoms with Gasteiger partial charge in [0.05, 0.1) is 5.56 Å². The summed E-state index contributed by atoms with van der Waals surface area (Å²) in [6, 6.07) is 6.00. The molecule has 6 heteroatoms. The molecule has 0 aliphatic carbocycles. The topological polar surface area (TPSA) is 86.7 Å². The summed E-state index contributed by atoms with van der Waals surface area (Å²) in [6.07, 6.45) is 3.26. The van der Waals surface area contributed by atoms with Crippen LogP contribution in [0.1, 0.15) is 53.3 Å². The molecule has 1 heterocycles. The number of hydrogen-bond donors (Lipinski definition) is 2. The smallest absolute Gasteiger partial charge is 0.335 e. The van der Waals surface area contributed by atoms with Gasteiger partial charge >= 0.3 is 5.97 Å². The average Bonchev–Trinajstić information content (AvgIpc) is 2.60. The molecule has 0 radical (unpaired) electrons. The Balaban J connectivity index is 1.92. The Morgan fingerprint density at radius 3 is 2.50 bits per heavy atom. The number of piperidine rings is 1. The Morgan fingerprint density at radius 2 is 1.88 bits per heavy atom. The van der Waals surface area contributed by atoms with E-state index in [2.05, 4.69) is 5.32 Å². The van der Waals surface area contributed by atoms with Gasteiger partial charge in [0.2, 0.25) is 5.91 Å². The van der Waals surface area contributed by atoms with Crippen molar-refractivity contribution >= 4 is 17.8 Å². The number of carboxylic acids is 1. The minimum Gasteiger partial charge on any atom is -0.478 e. The summed E-state index contributed by atoms with van der Waals surface area (Å²) in [4.78, 5) is 36.8. The monoisotopic (exact) mass is 332 g/mol. The fourth-order valence-corrected chi connectivity index (χ4v) is 2.93. The molecule has 1 atom stereocenters. The molecule has 6 nitrogen and oxygen atoms in total. The fraction of sp³-hybridized carbons (Fsp3) is 0.500. The first kappa shape index (κ1) is 18.0. The van der Waals surface area contributed by atoms with Gasteiger partial charge in [-0.05, 0) is 49.4 Å². The number of carboxylic acid groups (broad SMARTS) is 1. The molecule has 0 aromatic heterocycles. The van der Waals surface area contributed by atoms with Gasteiger partial charge in [-0.15, -0.1) is 0 Å². The van der Waals surface area contributed by atoms with Crippen LogP contribution in [-0.4, -0.2) is 47.4 Å². The fourth-order valence-electron chi connectivity index (χ4n) is 2.93. The van der Waals surface area contributed by atoms with Crippen molar-refractivity contribution < 1.29 is 19.5 Å².